The molecular formula is C29H32N2O5. The third kappa shape index (κ3) is 8.91. The van der Waals surface area contributed by atoms with Crippen LogP contribution in [-0.2, 0) is 11.2 Å². The minimum atomic E-state index is -0.457. The number of ether oxygens (including phenoxy) is 3. The van der Waals surface area contributed by atoms with Crippen molar-refractivity contribution in [2.24, 2.45) is 5.10 Å². The Balaban J connectivity index is 1.41. The molecule has 1 N–H and O–H groups in total. The molecule has 1 amide bonds. The number of nitrogens with zero attached hydrogens (tertiary/aromatic N) is 1. The Morgan fingerprint density at radius 1 is 0.806 bits per heavy atom. The largest absolute Gasteiger partial charge is 0.494 e. The van der Waals surface area contributed by atoms with Crippen molar-refractivity contribution in [2.45, 2.75) is 39.5 Å². The van der Waals surface area contributed by atoms with Crippen LogP contribution in [-0.4, -0.2) is 31.3 Å². The zero-order valence-electron chi connectivity index (χ0n) is 20.7. The minimum Gasteiger partial charge on any atom is -0.494 e. The van der Waals surface area contributed by atoms with Crippen LogP contribution in [0.3, 0.4) is 0 Å². The van der Waals surface area contributed by atoms with Gasteiger partial charge in [0.25, 0.3) is 5.91 Å². The Morgan fingerprint density at radius 2 is 1.44 bits per heavy atom. The number of esters is 1. The summed E-state index contributed by atoms with van der Waals surface area (Å²) in [5.41, 5.74) is 4.86. The van der Waals surface area contributed by atoms with E-state index in [1.807, 2.05) is 31.2 Å². The second-order valence-electron chi connectivity index (χ2n) is 8.16. The molecule has 0 heterocycles. The smallest absolute Gasteiger partial charge is 0.343 e. The van der Waals surface area contributed by atoms with Crippen molar-refractivity contribution in [3.63, 3.8) is 0 Å². The standard InChI is InChI=1S/C29H32N2O5/c1-3-5-6-22-7-13-26(14-8-22)35-21-28(32)31-30-20-23-9-15-27(16-10-23)36-29(33)24-11-17-25(18-12-24)34-19-4-2/h7-18,20H,3-6,19,21H2,1-2H3,(H,31,32). The van der Waals surface area contributed by atoms with Gasteiger partial charge in [-0.05, 0) is 91.1 Å². The van der Waals surface area contributed by atoms with Gasteiger partial charge in [-0.1, -0.05) is 32.4 Å². The lowest BCUT2D eigenvalue weighted by atomic mass is 10.1. The van der Waals surface area contributed by atoms with Crippen LogP contribution in [0.1, 0.15) is 54.6 Å². The number of aryl methyl sites for hydroxylation is 1. The Kier molecular flexibility index (Phi) is 10.5. The summed E-state index contributed by atoms with van der Waals surface area (Å²) < 4.78 is 16.4. The van der Waals surface area contributed by atoms with Crippen LogP contribution in [0.25, 0.3) is 0 Å². The van der Waals surface area contributed by atoms with Gasteiger partial charge in [-0.3, -0.25) is 4.79 Å². The van der Waals surface area contributed by atoms with E-state index in [4.69, 9.17) is 14.2 Å². The van der Waals surface area contributed by atoms with E-state index in [1.54, 1.807) is 48.5 Å². The number of amides is 1. The molecule has 0 bridgehead atoms. The second kappa shape index (κ2) is 14.3. The summed E-state index contributed by atoms with van der Waals surface area (Å²) >= 11 is 0. The minimum absolute atomic E-state index is 0.133. The van der Waals surface area contributed by atoms with Crippen LogP contribution >= 0.6 is 0 Å². The lowest BCUT2D eigenvalue weighted by molar-refractivity contribution is -0.123. The number of hydrazone groups is 1. The topological polar surface area (TPSA) is 86.2 Å². The Labute approximate surface area is 212 Å². The quantitative estimate of drug-likeness (QED) is 0.147. The van der Waals surface area contributed by atoms with Crippen molar-refractivity contribution in [2.75, 3.05) is 13.2 Å². The lowest BCUT2D eigenvalue weighted by Gasteiger charge is -2.07. The maximum absolute atomic E-state index is 12.3. The average Bonchev–Trinajstić information content (AvgIpc) is 2.91. The molecular weight excluding hydrogens is 456 g/mol. The van der Waals surface area contributed by atoms with E-state index in [1.165, 1.54) is 11.8 Å². The van der Waals surface area contributed by atoms with E-state index < -0.39 is 5.97 Å². The Morgan fingerprint density at radius 3 is 2.11 bits per heavy atom. The van der Waals surface area contributed by atoms with Crippen LogP contribution in [0.15, 0.2) is 77.9 Å². The SMILES string of the molecule is CCCCc1ccc(OCC(=O)NN=Cc2ccc(OC(=O)c3ccc(OCCC)cc3)cc2)cc1. The molecule has 3 rings (SSSR count). The summed E-state index contributed by atoms with van der Waals surface area (Å²) in [6, 6.07) is 21.4. The highest BCUT2D eigenvalue weighted by atomic mass is 16.5. The van der Waals surface area contributed by atoms with Crippen molar-refractivity contribution in [1.29, 1.82) is 0 Å². The fraction of sp³-hybridized carbons (Fsp3) is 0.276. The van der Waals surface area contributed by atoms with E-state index in [0.29, 0.717) is 29.4 Å². The molecule has 7 heteroatoms. The number of carbonyl (C=O) groups excluding carboxylic acids is 2. The maximum atomic E-state index is 12.3. The normalized spacial score (nSPS) is 10.7. The predicted octanol–water partition coefficient (Wildman–Crippen LogP) is 5.57. The first-order chi connectivity index (χ1) is 17.6. The molecule has 0 aliphatic rings. The van der Waals surface area contributed by atoms with Crippen LogP contribution in [0.4, 0.5) is 0 Å². The molecule has 0 aliphatic carbocycles. The summed E-state index contributed by atoms with van der Waals surface area (Å²) in [6.45, 7) is 4.69. The zero-order chi connectivity index (χ0) is 25.6. The molecule has 0 spiro atoms. The van der Waals surface area contributed by atoms with Gasteiger partial charge in [0.05, 0.1) is 18.4 Å². The van der Waals surface area contributed by atoms with Crippen LogP contribution in [0.5, 0.6) is 17.2 Å². The van der Waals surface area contributed by atoms with E-state index in [2.05, 4.69) is 17.5 Å². The lowest BCUT2D eigenvalue weighted by Crippen LogP contribution is -2.24. The highest BCUT2D eigenvalue weighted by Gasteiger charge is 2.09. The van der Waals surface area contributed by atoms with E-state index in [0.717, 1.165) is 31.2 Å². The first kappa shape index (κ1) is 26.5. The molecule has 3 aromatic rings. The van der Waals surface area contributed by atoms with E-state index in [-0.39, 0.29) is 12.5 Å². The third-order valence-electron chi connectivity index (χ3n) is 5.17. The first-order valence-electron chi connectivity index (χ1n) is 12.2. The summed E-state index contributed by atoms with van der Waals surface area (Å²) in [5, 5.41) is 3.95. The number of carbonyl (C=O) groups is 2. The highest BCUT2D eigenvalue weighted by Crippen LogP contribution is 2.17. The molecule has 0 radical (unpaired) electrons. The van der Waals surface area contributed by atoms with E-state index in [9.17, 15) is 9.59 Å². The number of hydrogen-bond donors (Lipinski definition) is 1. The number of benzene rings is 3. The molecule has 0 saturated carbocycles. The molecule has 0 unspecified atom stereocenters. The molecule has 0 saturated heterocycles. The predicted molar refractivity (Wildman–Crippen MR) is 140 cm³/mol. The summed E-state index contributed by atoms with van der Waals surface area (Å²) in [7, 11) is 0. The first-order valence-corrected chi connectivity index (χ1v) is 12.2. The van der Waals surface area contributed by atoms with Crippen molar-refractivity contribution in [1.82, 2.24) is 5.43 Å². The molecule has 36 heavy (non-hydrogen) atoms. The van der Waals surface area contributed by atoms with Crippen molar-refractivity contribution in [3.8, 4) is 17.2 Å². The van der Waals surface area contributed by atoms with Crippen molar-refractivity contribution >= 4 is 18.1 Å². The maximum Gasteiger partial charge on any atom is 0.343 e. The van der Waals surface area contributed by atoms with Crippen molar-refractivity contribution in [3.05, 3.63) is 89.5 Å². The number of rotatable bonds is 13. The average molecular weight is 489 g/mol. The molecule has 188 valence electrons. The molecule has 0 aromatic heterocycles. The zero-order valence-corrected chi connectivity index (χ0v) is 20.7. The molecule has 7 nitrogen and oxygen atoms in total. The van der Waals surface area contributed by atoms with Crippen LogP contribution in [0.2, 0.25) is 0 Å². The Hall–Kier alpha value is -4.13. The van der Waals surface area contributed by atoms with E-state index >= 15 is 0 Å². The summed E-state index contributed by atoms with van der Waals surface area (Å²) in [5.74, 6) is 0.938. The monoisotopic (exact) mass is 488 g/mol. The number of nitrogens with one attached hydrogen (secondary N) is 1. The van der Waals surface area contributed by atoms with Crippen LogP contribution in [0, 0.1) is 0 Å². The fourth-order valence-electron chi connectivity index (χ4n) is 3.19. The molecule has 0 aliphatic heterocycles. The third-order valence-corrected chi connectivity index (χ3v) is 5.17. The number of unbranched alkanes of at least 4 members (excludes halogenated alkanes) is 1. The van der Waals surface area contributed by atoms with Crippen LogP contribution < -0.4 is 19.6 Å². The van der Waals surface area contributed by atoms with Gasteiger partial charge >= 0.3 is 5.97 Å². The molecule has 3 aromatic carbocycles. The summed E-state index contributed by atoms with van der Waals surface area (Å²) in [4.78, 5) is 24.3. The van der Waals surface area contributed by atoms with Gasteiger partial charge in [0.1, 0.15) is 17.2 Å². The Bertz CT molecular complexity index is 1120. The van der Waals surface area contributed by atoms with Gasteiger partial charge in [-0.15, -0.1) is 0 Å². The highest BCUT2D eigenvalue weighted by molar-refractivity contribution is 5.91. The van der Waals surface area contributed by atoms with Gasteiger partial charge in [0.15, 0.2) is 6.61 Å². The van der Waals surface area contributed by atoms with Gasteiger partial charge in [0, 0.05) is 0 Å². The number of hydrogen-bond acceptors (Lipinski definition) is 6. The van der Waals surface area contributed by atoms with Gasteiger partial charge in [-0.2, -0.15) is 5.10 Å². The molecule has 0 fully saturated rings. The molecule has 0 atom stereocenters. The summed E-state index contributed by atoms with van der Waals surface area (Å²) in [6.07, 6.45) is 5.76. The van der Waals surface area contributed by atoms with Gasteiger partial charge in [0.2, 0.25) is 0 Å². The van der Waals surface area contributed by atoms with Gasteiger partial charge in [-0.25, -0.2) is 10.2 Å². The second-order valence-corrected chi connectivity index (χ2v) is 8.16. The van der Waals surface area contributed by atoms with Gasteiger partial charge < -0.3 is 14.2 Å². The fourth-order valence-corrected chi connectivity index (χ4v) is 3.19. The van der Waals surface area contributed by atoms with Crippen molar-refractivity contribution < 1.29 is 23.8 Å².